The molecule has 3 N–H and O–H groups in total. The molecule has 0 bridgehead atoms. The first-order valence-electron chi connectivity index (χ1n) is 7.54. The summed E-state index contributed by atoms with van der Waals surface area (Å²) in [4.78, 5) is 13.7. The van der Waals surface area contributed by atoms with Gasteiger partial charge in [-0.2, -0.15) is 0 Å². The van der Waals surface area contributed by atoms with Crippen molar-refractivity contribution in [1.29, 1.82) is 0 Å². The van der Waals surface area contributed by atoms with E-state index in [1.165, 1.54) is 0 Å². The SMILES string of the molecule is CC(C)CNCc1cc(Cl)ccc1N1CCCC1C(N)=O. The quantitative estimate of drug-likeness (QED) is 0.849. The highest BCUT2D eigenvalue weighted by Crippen LogP contribution is 2.30. The van der Waals surface area contributed by atoms with Gasteiger partial charge in [-0.1, -0.05) is 25.4 Å². The molecule has 1 fully saturated rings. The van der Waals surface area contributed by atoms with Gasteiger partial charge in [-0.05, 0) is 49.1 Å². The van der Waals surface area contributed by atoms with E-state index in [-0.39, 0.29) is 11.9 Å². The molecule has 5 heteroatoms. The van der Waals surface area contributed by atoms with Gasteiger partial charge in [0.05, 0.1) is 0 Å². The molecule has 21 heavy (non-hydrogen) atoms. The number of benzene rings is 1. The molecule has 0 aliphatic carbocycles. The van der Waals surface area contributed by atoms with Crippen LogP contribution in [0.2, 0.25) is 5.02 Å². The van der Waals surface area contributed by atoms with E-state index in [1.54, 1.807) is 0 Å². The Morgan fingerprint density at radius 3 is 2.95 bits per heavy atom. The van der Waals surface area contributed by atoms with E-state index in [0.29, 0.717) is 5.92 Å². The summed E-state index contributed by atoms with van der Waals surface area (Å²) in [5.41, 5.74) is 7.71. The van der Waals surface area contributed by atoms with Crippen molar-refractivity contribution in [2.24, 2.45) is 11.7 Å². The Morgan fingerprint density at radius 1 is 1.52 bits per heavy atom. The van der Waals surface area contributed by atoms with E-state index >= 15 is 0 Å². The van der Waals surface area contributed by atoms with Crippen LogP contribution < -0.4 is 16.0 Å². The Labute approximate surface area is 131 Å². The maximum absolute atomic E-state index is 11.6. The van der Waals surface area contributed by atoms with Gasteiger partial charge in [0.1, 0.15) is 6.04 Å². The van der Waals surface area contributed by atoms with Crippen molar-refractivity contribution in [2.45, 2.75) is 39.3 Å². The lowest BCUT2D eigenvalue weighted by atomic mass is 10.1. The topological polar surface area (TPSA) is 58.4 Å². The molecular formula is C16H24ClN3O. The molecule has 1 saturated heterocycles. The third-order valence-electron chi connectivity index (χ3n) is 3.80. The van der Waals surface area contributed by atoms with Crippen LogP contribution in [0.3, 0.4) is 0 Å². The monoisotopic (exact) mass is 309 g/mol. The molecule has 0 aromatic heterocycles. The van der Waals surface area contributed by atoms with Crippen molar-refractivity contribution < 1.29 is 4.79 Å². The van der Waals surface area contributed by atoms with Gasteiger partial charge in [0.2, 0.25) is 5.91 Å². The third-order valence-corrected chi connectivity index (χ3v) is 4.04. The van der Waals surface area contributed by atoms with Crippen molar-refractivity contribution >= 4 is 23.2 Å². The van der Waals surface area contributed by atoms with E-state index in [9.17, 15) is 4.79 Å². The van der Waals surface area contributed by atoms with Crippen molar-refractivity contribution in [3.05, 3.63) is 28.8 Å². The van der Waals surface area contributed by atoms with Gasteiger partial charge in [-0.25, -0.2) is 0 Å². The fourth-order valence-electron chi connectivity index (χ4n) is 2.82. The average Bonchev–Trinajstić information content (AvgIpc) is 2.87. The fraction of sp³-hybridized carbons (Fsp3) is 0.562. The largest absolute Gasteiger partial charge is 0.368 e. The summed E-state index contributed by atoms with van der Waals surface area (Å²) < 4.78 is 0. The number of amides is 1. The van der Waals surface area contributed by atoms with E-state index < -0.39 is 0 Å². The first kappa shape index (κ1) is 16.1. The Morgan fingerprint density at radius 2 is 2.29 bits per heavy atom. The van der Waals surface area contributed by atoms with Gasteiger partial charge in [0, 0.05) is 23.8 Å². The summed E-state index contributed by atoms with van der Waals surface area (Å²) in [5.74, 6) is 0.348. The second kappa shape index (κ2) is 7.14. The second-order valence-electron chi connectivity index (χ2n) is 6.05. The van der Waals surface area contributed by atoms with E-state index in [2.05, 4.69) is 24.1 Å². The average molecular weight is 310 g/mol. The summed E-state index contributed by atoms with van der Waals surface area (Å²) >= 11 is 6.13. The lowest BCUT2D eigenvalue weighted by Crippen LogP contribution is -2.41. The molecule has 1 unspecified atom stereocenters. The standard InChI is InChI=1S/C16H24ClN3O/c1-11(2)9-19-10-12-8-13(17)5-6-14(12)20-7-3-4-15(20)16(18)21/h5-6,8,11,15,19H,3-4,7,9-10H2,1-2H3,(H2,18,21). The van der Waals surface area contributed by atoms with Crippen LogP contribution in [0.25, 0.3) is 0 Å². The van der Waals surface area contributed by atoms with Gasteiger partial charge in [0.15, 0.2) is 0 Å². The zero-order chi connectivity index (χ0) is 15.4. The highest BCUT2D eigenvalue weighted by Gasteiger charge is 2.30. The van der Waals surface area contributed by atoms with Crippen LogP contribution in [0.4, 0.5) is 5.69 Å². The Balaban J connectivity index is 2.19. The van der Waals surface area contributed by atoms with Crippen LogP contribution >= 0.6 is 11.6 Å². The molecule has 0 saturated carbocycles. The molecule has 0 spiro atoms. The Bertz CT molecular complexity index is 504. The number of rotatable bonds is 6. The summed E-state index contributed by atoms with van der Waals surface area (Å²) in [6, 6.07) is 5.64. The third kappa shape index (κ3) is 4.11. The number of nitrogens with zero attached hydrogens (tertiary/aromatic N) is 1. The first-order chi connectivity index (χ1) is 9.99. The number of carbonyl (C=O) groups excluding carboxylic acids is 1. The normalized spacial score (nSPS) is 18.5. The van der Waals surface area contributed by atoms with Gasteiger partial charge in [-0.15, -0.1) is 0 Å². The van der Waals surface area contributed by atoms with Gasteiger partial charge in [0.25, 0.3) is 0 Å². The number of hydrogen-bond donors (Lipinski definition) is 2. The molecule has 4 nitrogen and oxygen atoms in total. The number of nitrogens with two attached hydrogens (primary N) is 1. The van der Waals surface area contributed by atoms with Crippen molar-refractivity contribution in [3.63, 3.8) is 0 Å². The highest BCUT2D eigenvalue weighted by molar-refractivity contribution is 6.30. The number of anilines is 1. The van der Waals surface area contributed by atoms with Crippen LogP contribution in [0.15, 0.2) is 18.2 Å². The molecule has 0 radical (unpaired) electrons. The minimum Gasteiger partial charge on any atom is -0.368 e. The maximum Gasteiger partial charge on any atom is 0.240 e. The first-order valence-corrected chi connectivity index (χ1v) is 7.92. The van der Waals surface area contributed by atoms with Crippen LogP contribution in [0.1, 0.15) is 32.3 Å². The molecule has 1 heterocycles. The van der Waals surface area contributed by atoms with Crippen LogP contribution in [0.5, 0.6) is 0 Å². The minimum absolute atomic E-state index is 0.199. The summed E-state index contributed by atoms with van der Waals surface area (Å²) in [6.07, 6.45) is 1.83. The zero-order valence-corrected chi connectivity index (χ0v) is 13.5. The minimum atomic E-state index is -0.247. The molecule has 1 aromatic carbocycles. The molecule has 1 amide bonds. The maximum atomic E-state index is 11.6. The summed E-state index contributed by atoms with van der Waals surface area (Å²) in [7, 11) is 0. The Kier molecular flexibility index (Phi) is 5.48. The number of primary amides is 1. The zero-order valence-electron chi connectivity index (χ0n) is 12.7. The number of nitrogens with one attached hydrogen (secondary N) is 1. The van der Waals surface area contributed by atoms with Crippen LogP contribution in [0, 0.1) is 5.92 Å². The van der Waals surface area contributed by atoms with Gasteiger partial charge in [-0.3, -0.25) is 4.79 Å². The molecule has 1 aromatic rings. The fourth-order valence-corrected chi connectivity index (χ4v) is 3.02. The van der Waals surface area contributed by atoms with Crippen molar-refractivity contribution in [1.82, 2.24) is 5.32 Å². The number of hydrogen-bond acceptors (Lipinski definition) is 3. The molecular weight excluding hydrogens is 286 g/mol. The lowest BCUT2D eigenvalue weighted by molar-refractivity contribution is -0.119. The highest BCUT2D eigenvalue weighted by atomic mass is 35.5. The predicted octanol–water partition coefficient (Wildman–Crippen LogP) is 2.54. The molecule has 1 aliphatic heterocycles. The molecule has 1 aliphatic rings. The van der Waals surface area contributed by atoms with Crippen molar-refractivity contribution in [2.75, 3.05) is 18.0 Å². The van der Waals surface area contributed by atoms with Gasteiger partial charge < -0.3 is 16.0 Å². The number of halogens is 1. The van der Waals surface area contributed by atoms with Crippen LogP contribution in [-0.4, -0.2) is 25.0 Å². The van der Waals surface area contributed by atoms with Crippen molar-refractivity contribution in [3.8, 4) is 0 Å². The summed E-state index contributed by atoms with van der Waals surface area (Å²) in [5, 5.41) is 4.15. The van der Waals surface area contributed by atoms with E-state index in [4.69, 9.17) is 17.3 Å². The smallest absolute Gasteiger partial charge is 0.240 e. The number of carbonyl (C=O) groups is 1. The predicted molar refractivity (Wildman–Crippen MR) is 87.6 cm³/mol. The molecule has 2 rings (SSSR count). The lowest BCUT2D eigenvalue weighted by Gasteiger charge is -2.27. The van der Waals surface area contributed by atoms with E-state index in [1.807, 2.05) is 18.2 Å². The van der Waals surface area contributed by atoms with E-state index in [0.717, 1.165) is 48.7 Å². The Hall–Kier alpha value is -1.26. The van der Waals surface area contributed by atoms with Gasteiger partial charge >= 0.3 is 0 Å². The molecule has 1 atom stereocenters. The second-order valence-corrected chi connectivity index (χ2v) is 6.49. The van der Waals surface area contributed by atoms with Crippen LogP contribution in [-0.2, 0) is 11.3 Å². The molecule has 116 valence electrons. The summed E-state index contributed by atoms with van der Waals surface area (Å²) in [6.45, 7) is 6.92.